The van der Waals surface area contributed by atoms with Crippen molar-refractivity contribution in [2.45, 2.75) is 12.1 Å². The molecule has 0 fully saturated rings. The molecule has 0 spiro atoms. The molecule has 50 valence electrons. The van der Waals surface area contributed by atoms with Crippen LogP contribution in [-0.2, 0) is 0 Å². The van der Waals surface area contributed by atoms with Crippen LogP contribution in [0.3, 0.4) is 0 Å². The Morgan fingerprint density at radius 3 is 2.44 bits per heavy atom. The summed E-state index contributed by atoms with van der Waals surface area (Å²) in [4.78, 5) is 0. The van der Waals surface area contributed by atoms with Crippen LogP contribution in [0.2, 0.25) is 0 Å². The predicted octanol–water partition coefficient (Wildman–Crippen LogP) is 0.530. The van der Waals surface area contributed by atoms with Gasteiger partial charge in [-0.2, -0.15) is 0 Å². The van der Waals surface area contributed by atoms with Gasteiger partial charge >= 0.3 is 0 Å². The van der Waals surface area contributed by atoms with Crippen molar-refractivity contribution in [1.29, 1.82) is 0 Å². The molecular weight excluding hydrogens is 227 g/mol. The van der Waals surface area contributed by atoms with Crippen LogP contribution in [0.1, 0.15) is 0 Å². The summed E-state index contributed by atoms with van der Waals surface area (Å²) in [6, 6.07) is 0.00501. The van der Waals surface area contributed by atoms with Gasteiger partial charge in [0.2, 0.25) is 0 Å². The third-order valence-electron chi connectivity index (χ3n) is 1.27. The van der Waals surface area contributed by atoms with Gasteiger partial charge in [-0.1, -0.05) is 18.2 Å². The highest BCUT2D eigenvalue weighted by Crippen LogP contribution is 2.14. The van der Waals surface area contributed by atoms with Crippen molar-refractivity contribution in [2.75, 3.05) is 0 Å². The summed E-state index contributed by atoms with van der Waals surface area (Å²) in [6.45, 7) is 0. The van der Waals surface area contributed by atoms with Crippen molar-refractivity contribution in [3.8, 4) is 0 Å². The number of rotatable bonds is 0. The van der Waals surface area contributed by atoms with E-state index in [0.29, 0.717) is 0 Å². The van der Waals surface area contributed by atoms with Crippen molar-refractivity contribution >= 4 is 22.6 Å². The van der Waals surface area contributed by atoms with Crippen LogP contribution in [0.15, 0.2) is 21.8 Å². The van der Waals surface area contributed by atoms with E-state index in [1.165, 1.54) is 3.58 Å². The molecule has 4 N–H and O–H groups in total. The Kier molecular flexibility index (Phi) is 2.26. The van der Waals surface area contributed by atoms with E-state index in [1.54, 1.807) is 0 Å². The Morgan fingerprint density at radius 1 is 1.33 bits per heavy atom. The molecule has 0 saturated carbocycles. The molecule has 0 heterocycles. The van der Waals surface area contributed by atoms with E-state index < -0.39 is 0 Å². The first-order chi connectivity index (χ1) is 4.20. The van der Waals surface area contributed by atoms with Crippen LogP contribution in [0, 0.1) is 0 Å². The zero-order chi connectivity index (χ0) is 6.85. The number of hydrogen-bond donors (Lipinski definition) is 2. The van der Waals surface area contributed by atoms with Crippen LogP contribution in [0.4, 0.5) is 0 Å². The summed E-state index contributed by atoms with van der Waals surface area (Å²) >= 11 is 2.22. The van der Waals surface area contributed by atoms with E-state index in [4.69, 9.17) is 11.5 Å². The standard InChI is InChI=1S/C6H9IN2/c7-4-1-2-5(8)6(9)3-4/h1-3,5-6H,8-9H2/t5-,6?/m1/s1. The van der Waals surface area contributed by atoms with Gasteiger partial charge in [-0.25, -0.2) is 0 Å². The minimum Gasteiger partial charge on any atom is -0.323 e. The van der Waals surface area contributed by atoms with Crippen LogP contribution in [0.25, 0.3) is 0 Å². The number of hydrogen-bond acceptors (Lipinski definition) is 2. The minimum absolute atomic E-state index is 0.00176. The van der Waals surface area contributed by atoms with Crippen molar-refractivity contribution in [3.05, 3.63) is 21.8 Å². The second kappa shape index (κ2) is 2.81. The average molecular weight is 236 g/mol. The fraction of sp³-hybridized carbons (Fsp3) is 0.333. The maximum Gasteiger partial charge on any atom is 0.0427 e. The fourth-order valence-corrected chi connectivity index (χ4v) is 1.30. The third kappa shape index (κ3) is 1.77. The summed E-state index contributed by atoms with van der Waals surface area (Å²) in [5, 5.41) is 0. The smallest absolute Gasteiger partial charge is 0.0427 e. The highest BCUT2D eigenvalue weighted by molar-refractivity contribution is 14.1. The molecule has 0 bridgehead atoms. The van der Waals surface area contributed by atoms with E-state index in [9.17, 15) is 0 Å². The Balaban J connectivity index is 2.70. The maximum atomic E-state index is 5.61. The molecule has 1 aliphatic carbocycles. The maximum absolute atomic E-state index is 5.61. The Morgan fingerprint density at radius 2 is 2.00 bits per heavy atom. The molecule has 0 amide bonds. The summed E-state index contributed by atoms with van der Waals surface area (Å²) < 4.78 is 1.17. The number of halogens is 1. The highest BCUT2D eigenvalue weighted by atomic mass is 127. The van der Waals surface area contributed by atoms with Crippen LogP contribution < -0.4 is 11.5 Å². The highest BCUT2D eigenvalue weighted by Gasteiger charge is 2.10. The van der Waals surface area contributed by atoms with E-state index in [0.717, 1.165) is 0 Å². The molecule has 2 nitrogen and oxygen atoms in total. The summed E-state index contributed by atoms with van der Waals surface area (Å²) in [5.74, 6) is 0. The van der Waals surface area contributed by atoms with Crippen LogP contribution in [0.5, 0.6) is 0 Å². The quantitative estimate of drug-likeness (QED) is 0.603. The average Bonchev–Trinajstić information content (AvgIpc) is 1.80. The first-order valence-corrected chi connectivity index (χ1v) is 3.85. The third-order valence-corrected chi connectivity index (χ3v) is 1.99. The normalized spacial score (nSPS) is 34.3. The molecule has 0 aliphatic heterocycles. The molecule has 0 aromatic carbocycles. The topological polar surface area (TPSA) is 52.0 Å². The Hall–Kier alpha value is 0.130. The number of nitrogens with two attached hydrogens (primary N) is 2. The molecule has 1 rings (SSSR count). The SMILES string of the molecule is NC1C=C(I)C=C[C@H]1N. The molecule has 0 saturated heterocycles. The lowest BCUT2D eigenvalue weighted by Crippen LogP contribution is -2.39. The zero-order valence-corrected chi connectivity index (χ0v) is 7.08. The molecule has 1 aliphatic rings. The molecule has 1 unspecified atom stereocenters. The van der Waals surface area contributed by atoms with Crippen molar-refractivity contribution < 1.29 is 0 Å². The van der Waals surface area contributed by atoms with Gasteiger partial charge in [-0.05, 0) is 22.6 Å². The zero-order valence-electron chi connectivity index (χ0n) is 4.92. The first kappa shape index (κ1) is 7.24. The first-order valence-electron chi connectivity index (χ1n) is 2.77. The molecule has 0 radical (unpaired) electrons. The summed E-state index contributed by atoms with van der Waals surface area (Å²) in [6.07, 6.45) is 5.87. The van der Waals surface area contributed by atoms with Gasteiger partial charge in [0.15, 0.2) is 0 Å². The molecular formula is C6H9IN2. The van der Waals surface area contributed by atoms with Crippen molar-refractivity contribution in [1.82, 2.24) is 0 Å². The lowest BCUT2D eigenvalue weighted by Gasteiger charge is -2.16. The van der Waals surface area contributed by atoms with E-state index in [2.05, 4.69) is 22.6 Å². The molecule has 2 atom stereocenters. The van der Waals surface area contributed by atoms with Gasteiger partial charge in [-0.15, -0.1) is 0 Å². The molecule has 9 heavy (non-hydrogen) atoms. The van der Waals surface area contributed by atoms with Crippen molar-refractivity contribution in [3.63, 3.8) is 0 Å². The van der Waals surface area contributed by atoms with Gasteiger partial charge in [0.25, 0.3) is 0 Å². The van der Waals surface area contributed by atoms with E-state index >= 15 is 0 Å². The van der Waals surface area contributed by atoms with Crippen LogP contribution >= 0.6 is 22.6 Å². The second-order valence-electron chi connectivity index (χ2n) is 2.07. The second-order valence-corrected chi connectivity index (χ2v) is 3.31. The monoisotopic (exact) mass is 236 g/mol. The van der Waals surface area contributed by atoms with Gasteiger partial charge in [0.05, 0.1) is 0 Å². The lowest BCUT2D eigenvalue weighted by molar-refractivity contribution is 0.698. The van der Waals surface area contributed by atoms with Gasteiger partial charge in [0.1, 0.15) is 0 Å². The van der Waals surface area contributed by atoms with E-state index in [1.807, 2.05) is 18.2 Å². The fourth-order valence-electron chi connectivity index (χ4n) is 0.682. The lowest BCUT2D eigenvalue weighted by atomic mass is 10.1. The van der Waals surface area contributed by atoms with Crippen molar-refractivity contribution in [2.24, 2.45) is 11.5 Å². The molecule has 0 aromatic rings. The Labute approximate surface area is 68.1 Å². The Bertz CT molecular complexity index is 162. The van der Waals surface area contributed by atoms with E-state index in [-0.39, 0.29) is 12.1 Å². The van der Waals surface area contributed by atoms with Gasteiger partial charge in [-0.3, -0.25) is 0 Å². The predicted molar refractivity (Wildman–Crippen MR) is 47.2 cm³/mol. The summed E-state index contributed by atoms with van der Waals surface area (Å²) in [7, 11) is 0. The minimum atomic E-state index is 0.00176. The molecule has 3 heteroatoms. The summed E-state index contributed by atoms with van der Waals surface area (Å²) in [5.41, 5.74) is 11.2. The largest absolute Gasteiger partial charge is 0.323 e. The van der Waals surface area contributed by atoms with Gasteiger partial charge in [0, 0.05) is 15.7 Å². The number of allylic oxidation sites excluding steroid dienone is 2. The van der Waals surface area contributed by atoms with Crippen LogP contribution in [-0.4, -0.2) is 12.1 Å². The molecule has 0 aromatic heterocycles. The van der Waals surface area contributed by atoms with Gasteiger partial charge < -0.3 is 11.5 Å².